The van der Waals surface area contributed by atoms with E-state index in [1.54, 1.807) is 56.7 Å². The van der Waals surface area contributed by atoms with Gasteiger partial charge in [0.2, 0.25) is 0 Å². The molecule has 0 aliphatic carbocycles. The normalized spacial score (nSPS) is 15.6. The third-order valence-electron chi connectivity index (χ3n) is 4.09. The summed E-state index contributed by atoms with van der Waals surface area (Å²) in [6.45, 7) is -0.282. The average molecular weight is 443 g/mol. The van der Waals surface area contributed by atoms with Crippen molar-refractivity contribution in [2.45, 2.75) is 0 Å². The number of amidine groups is 1. The number of primary amides is 1. The molecule has 162 valence electrons. The summed E-state index contributed by atoms with van der Waals surface area (Å²) in [5.41, 5.74) is 6.42. The van der Waals surface area contributed by atoms with Crippen LogP contribution in [-0.2, 0) is 4.79 Å². The molecule has 2 aromatic rings. The second-order valence-corrected chi connectivity index (χ2v) is 7.23. The molecule has 10 heteroatoms. The zero-order valence-electron chi connectivity index (χ0n) is 17.1. The fourth-order valence-electron chi connectivity index (χ4n) is 2.70. The van der Waals surface area contributed by atoms with Crippen LogP contribution in [0.15, 0.2) is 46.3 Å². The summed E-state index contributed by atoms with van der Waals surface area (Å²) in [6, 6.07) is 10.4. The smallest absolute Gasteiger partial charge is 0.289 e. The Balaban J connectivity index is 1.95. The van der Waals surface area contributed by atoms with Gasteiger partial charge in [0.25, 0.3) is 11.1 Å². The minimum absolute atomic E-state index is 0.251. The molecule has 0 unspecified atom stereocenters. The first-order valence-corrected chi connectivity index (χ1v) is 9.85. The van der Waals surface area contributed by atoms with Gasteiger partial charge in [-0.2, -0.15) is 0 Å². The highest BCUT2D eigenvalue weighted by Crippen LogP contribution is 2.34. The molecule has 1 saturated heterocycles. The van der Waals surface area contributed by atoms with Gasteiger partial charge in [-0.15, -0.1) is 0 Å². The van der Waals surface area contributed by atoms with Gasteiger partial charge in [0.15, 0.2) is 18.1 Å². The first kappa shape index (κ1) is 22.0. The summed E-state index contributed by atoms with van der Waals surface area (Å²) in [6.07, 6.45) is 1.77. The molecule has 0 radical (unpaired) electrons. The van der Waals surface area contributed by atoms with Gasteiger partial charge < -0.3 is 30.0 Å². The fraction of sp³-hybridized carbons (Fsp3) is 0.190. The van der Waals surface area contributed by atoms with E-state index < -0.39 is 5.91 Å². The van der Waals surface area contributed by atoms with Crippen molar-refractivity contribution in [2.75, 3.05) is 27.9 Å². The number of rotatable bonds is 8. The molecule has 2 aromatic carbocycles. The van der Waals surface area contributed by atoms with Gasteiger partial charge in [-0.1, -0.05) is 6.07 Å². The molecule has 1 aliphatic heterocycles. The van der Waals surface area contributed by atoms with Crippen molar-refractivity contribution < 1.29 is 28.5 Å². The first-order chi connectivity index (χ1) is 14.9. The highest BCUT2D eigenvalue weighted by molar-refractivity contribution is 8.18. The second kappa shape index (κ2) is 9.90. The van der Waals surface area contributed by atoms with Crippen LogP contribution in [0, 0.1) is 0 Å². The molecule has 1 heterocycles. The first-order valence-electron chi connectivity index (χ1n) is 9.03. The lowest BCUT2D eigenvalue weighted by atomic mass is 10.2. The quantitative estimate of drug-likeness (QED) is 0.643. The number of hydrogen-bond acceptors (Lipinski definition) is 8. The third kappa shape index (κ3) is 5.70. The number of thioether (sulfide) groups is 1. The Morgan fingerprint density at radius 3 is 2.39 bits per heavy atom. The van der Waals surface area contributed by atoms with Gasteiger partial charge in [-0.05, 0) is 35.5 Å². The minimum atomic E-state index is -0.602. The van der Waals surface area contributed by atoms with Crippen LogP contribution in [0.4, 0.5) is 10.5 Å². The number of nitrogens with two attached hydrogens (primary N) is 1. The van der Waals surface area contributed by atoms with E-state index in [9.17, 15) is 9.59 Å². The van der Waals surface area contributed by atoms with Crippen LogP contribution < -0.4 is 30.0 Å². The van der Waals surface area contributed by atoms with Crippen LogP contribution in [0.5, 0.6) is 23.0 Å². The average Bonchev–Trinajstić information content (AvgIpc) is 3.10. The SMILES string of the molecule is COc1cc(N=C2NC(=O)S/C2=C\c2ccc(OC)c(OCC(N)=O)c2)cc(OC)c1. The van der Waals surface area contributed by atoms with Crippen LogP contribution in [0.25, 0.3) is 6.08 Å². The van der Waals surface area contributed by atoms with Crippen molar-refractivity contribution in [1.29, 1.82) is 0 Å². The van der Waals surface area contributed by atoms with Gasteiger partial charge in [-0.25, -0.2) is 4.99 Å². The number of carbonyl (C=O) groups is 2. The third-order valence-corrected chi connectivity index (χ3v) is 4.91. The molecule has 31 heavy (non-hydrogen) atoms. The Morgan fingerprint density at radius 2 is 1.77 bits per heavy atom. The Morgan fingerprint density at radius 1 is 1.06 bits per heavy atom. The lowest BCUT2D eigenvalue weighted by Crippen LogP contribution is -2.20. The molecule has 3 N–H and O–H groups in total. The van der Waals surface area contributed by atoms with Crippen molar-refractivity contribution in [1.82, 2.24) is 5.32 Å². The molecular formula is C21H21N3O6S. The van der Waals surface area contributed by atoms with E-state index in [1.807, 2.05) is 0 Å². The molecule has 9 nitrogen and oxygen atoms in total. The maximum atomic E-state index is 12.0. The van der Waals surface area contributed by atoms with Gasteiger partial charge in [0.1, 0.15) is 17.3 Å². The number of methoxy groups -OCH3 is 3. The van der Waals surface area contributed by atoms with Gasteiger partial charge in [-0.3, -0.25) is 9.59 Å². The molecular weight excluding hydrogens is 422 g/mol. The van der Waals surface area contributed by atoms with Crippen molar-refractivity contribution >= 4 is 40.5 Å². The van der Waals surface area contributed by atoms with Gasteiger partial charge in [0, 0.05) is 18.2 Å². The zero-order valence-corrected chi connectivity index (χ0v) is 17.9. The molecule has 0 aromatic heterocycles. The second-order valence-electron chi connectivity index (χ2n) is 6.22. The molecule has 0 spiro atoms. The summed E-state index contributed by atoms with van der Waals surface area (Å²) < 4.78 is 21.2. The van der Waals surface area contributed by atoms with Crippen LogP contribution in [-0.4, -0.2) is 44.9 Å². The summed E-state index contributed by atoms with van der Waals surface area (Å²) in [4.78, 5) is 28.2. The Hall–Kier alpha value is -3.66. The number of benzene rings is 2. The number of nitrogens with one attached hydrogen (secondary N) is 1. The number of hydrogen-bond donors (Lipinski definition) is 2. The van der Waals surface area contributed by atoms with E-state index in [4.69, 9.17) is 24.7 Å². The fourth-order valence-corrected chi connectivity index (χ4v) is 3.43. The summed E-state index contributed by atoms with van der Waals surface area (Å²) in [5.74, 6) is 1.75. The Bertz CT molecular complexity index is 1040. The van der Waals surface area contributed by atoms with E-state index in [1.165, 1.54) is 7.11 Å². The zero-order chi connectivity index (χ0) is 22.4. The van der Waals surface area contributed by atoms with Gasteiger partial charge in [0.05, 0.1) is 31.9 Å². The van der Waals surface area contributed by atoms with Crippen LogP contribution in [0.1, 0.15) is 5.56 Å². The maximum absolute atomic E-state index is 12.0. The van der Waals surface area contributed by atoms with Crippen molar-refractivity contribution in [3.63, 3.8) is 0 Å². The van der Waals surface area contributed by atoms with E-state index in [2.05, 4.69) is 10.3 Å². The summed E-state index contributed by atoms with van der Waals surface area (Å²) in [5, 5.41) is 2.48. The Kier molecular flexibility index (Phi) is 7.03. The van der Waals surface area contributed by atoms with Crippen LogP contribution in [0.2, 0.25) is 0 Å². The largest absolute Gasteiger partial charge is 0.497 e. The lowest BCUT2D eigenvalue weighted by molar-refractivity contribution is -0.119. The van der Waals surface area contributed by atoms with Gasteiger partial charge >= 0.3 is 0 Å². The van der Waals surface area contributed by atoms with E-state index in [0.717, 1.165) is 17.3 Å². The van der Waals surface area contributed by atoms with Crippen LogP contribution >= 0.6 is 11.8 Å². The minimum Gasteiger partial charge on any atom is -0.497 e. The number of amides is 2. The van der Waals surface area contributed by atoms with E-state index in [-0.39, 0.29) is 11.8 Å². The molecule has 3 rings (SSSR count). The topological polar surface area (TPSA) is 121 Å². The highest BCUT2D eigenvalue weighted by Gasteiger charge is 2.24. The van der Waals surface area contributed by atoms with Crippen molar-refractivity contribution in [3.05, 3.63) is 46.9 Å². The molecule has 1 fully saturated rings. The summed E-state index contributed by atoms with van der Waals surface area (Å²) in [7, 11) is 4.59. The molecule has 0 bridgehead atoms. The van der Waals surface area contributed by atoms with Crippen molar-refractivity contribution in [3.8, 4) is 23.0 Å². The number of carbonyl (C=O) groups excluding carboxylic acids is 2. The molecule has 2 amide bonds. The Labute approximate surface area is 183 Å². The van der Waals surface area contributed by atoms with E-state index >= 15 is 0 Å². The van der Waals surface area contributed by atoms with Crippen LogP contribution in [0.3, 0.4) is 0 Å². The standard InChI is InChI=1S/C21H21N3O6S/c1-27-14-8-13(9-15(10-14)28-2)23-20-18(31-21(26)24-20)7-12-4-5-16(29-3)17(6-12)30-11-19(22)25/h4-10H,11H2,1-3H3,(H2,22,25)(H,23,24,26)/b18-7-. The van der Waals surface area contributed by atoms with E-state index in [0.29, 0.717) is 39.4 Å². The monoisotopic (exact) mass is 443 g/mol. The lowest BCUT2D eigenvalue weighted by Gasteiger charge is -2.10. The molecule has 0 saturated carbocycles. The number of nitrogens with zero attached hydrogens (tertiary/aromatic N) is 1. The van der Waals surface area contributed by atoms with Crippen molar-refractivity contribution in [2.24, 2.45) is 10.7 Å². The molecule has 0 atom stereocenters. The predicted octanol–water partition coefficient (Wildman–Crippen LogP) is 3.10. The summed E-state index contributed by atoms with van der Waals surface area (Å²) >= 11 is 1.01. The number of aliphatic imine (C=N–C) groups is 1. The number of ether oxygens (including phenoxy) is 4. The predicted molar refractivity (Wildman–Crippen MR) is 118 cm³/mol. The maximum Gasteiger partial charge on any atom is 0.289 e. The highest BCUT2D eigenvalue weighted by atomic mass is 32.2. The molecule has 1 aliphatic rings.